The number of hydrogen-bond donors (Lipinski definition) is 2. The smallest absolute Gasteiger partial charge is 0.253 e. The van der Waals surface area contributed by atoms with E-state index in [0.29, 0.717) is 17.2 Å². The highest BCUT2D eigenvalue weighted by Crippen LogP contribution is 2.47. The second kappa shape index (κ2) is 9.23. The van der Waals surface area contributed by atoms with E-state index in [1.54, 1.807) is 36.4 Å². The fourth-order valence-electron chi connectivity index (χ4n) is 4.00. The number of anilines is 1. The standard InChI is InChI=1S/C23H25ClN2O6S/c1-33(29,30)13-10-18(26-21(27)16-6-2-3-7-17(16)24)22(28)25-15-8-9-19-20(14-15)32-23(31-19)11-4-5-12-23/h2-3,6-9,14,18H,4-5,10-13H2,1H3,(H,25,28)(H,26,27)/t18-/m1/s1. The molecule has 1 atom stereocenters. The molecule has 0 bridgehead atoms. The molecule has 2 aromatic carbocycles. The first kappa shape index (κ1) is 23.4. The Morgan fingerprint density at radius 2 is 1.79 bits per heavy atom. The third kappa shape index (κ3) is 5.59. The lowest BCUT2D eigenvalue weighted by molar-refractivity contribution is -0.118. The first-order chi connectivity index (χ1) is 15.6. The molecule has 1 spiro atoms. The highest BCUT2D eigenvalue weighted by atomic mass is 35.5. The number of hydrogen-bond acceptors (Lipinski definition) is 6. The Labute approximate surface area is 197 Å². The SMILES string of the molecule is CS(=O)(=O)CC[C@@H](NC(=O)c1ccccc1Cl)C(=O)Nc1ccc2c(c1)OC1(CCCC1)O2. The van der Waals surface area contributed by atoms with Crippen molar-refractivity contribution in [2.24, 2.45) is 0 Å². The monoisotopic (exact) mass is 492 g/mol. The summed E-state index contributed by atoms with van der Waals surface area (Å²) in [5.41, 5.74) is 0.648. The number of fused-ring (bicyclic) bond motifs is 1. The lowest BCUT2D eigenvalue weighted by atomic mass is 10.1. The topological polar surface area (TPSA) is 111 Å². The van der Waals surface area contributed by atoms with Crippen molar-refractivity contribution in [2.45, 2.75) is 43.9 Å². The molecule has 1 saturated carbocycles. The molecule has 0 radical (unpaired) electrons. The maximum atomic E-state index is 13.0. The molecule has 2 N–H and O–H groups in total. The van der Waals surface area contributed by atoms with Crippen LogP contribution in [0.3, 0.4) is 0 Å². The van der Waals surface area contributed by atoms with Crippen molar-refractivity contribution >= 4 is 38.9 Å². The predicted molar refractivity (Wildman–Crippen MR) is 125 cm³/mol. The molecular weight excluding hydrogens is 468 g/mol. The second-order valence-electron chi connectivity index (χ2n) is 8.40. The Kier molecular flexibility index (Phi) is 6.54. The average molecular weight is 493 g/mol. The molecule has 1 heterocycles. The molecular formula is C23H25ClN2O6S. The van der Waals surface area contributed by atoms with E-state index in [1.165, 1.54) is 6.07 Å². The zero-order valence-electron chi connectivity index (χ0n) is 18.1. The van der Waals surface area contributed by atoms with Gasteiger partial charge in [-0.3, -0.25) is 9.59 Å². The normalized spacial score (nSPS) is 17.0. The quantitative estimate of drug-likeness (QED) is 0.611. The summed E-state index contributed by atoms with van der Waals surface area (Å²) in [7, 11) is -3.35. The lowest BCUT2D eigenvalue weighted by Gasteiger charge is -2.21. The molecule has 1 fully saturated rings. The van der Waals surface area contributed by atoms with Crippen LogP contribution in [0.1, 0.15) is 42.5 Å². The molecule has 2 aromatic rings. The van der Waals surface area contributed by atoms with Crippen LogP contribution in [0.15, 0.2) is 42.5 Å². The molecule has 2 amide bonds. The van der Waals surface area contributed by atoms with Crippen LogP contribution < -0.4 is 20.1 Å². The van der Waals surface area contributed by atoms with E-state index >= 15 is 0 Å². The third-order valence-electron chi connectivity index (χ3n) is 5.69. The van der Waals surface area contributed by atoms with Gasteiger partial charge >= 0.3 is 0 Å². The number of ether oxygens (including phenoxy) is 2. The van der Waals surface area contributed by atoms with Gasteiger partial charge < -0.3 is 20.1 Å². The van der Waals surface area contributed by atoms with Gasteiger partial charge in [-0.1, -0.05) is 23.7 Å². The summed E-state index contributed by atoms with van der Waals surface area (Å²) < 4.78 is 35.4. The van der Waals surface area contributed by atoms with Crippen LogP contribution in [0.2, 0.25) is 5.02 Å². The predicted octanol–water partition coefficient (Wildman–Crippen LogP) is 3.55. The summed E-state index contributed by atoms with van der Waals surface area (Å²) in [6, 6.07) is 10.4. The molecule has 0 unspecified atom stereocenters. The van der Waals surface area contributed by atoms with Crippen LogP contribution in [0.5, 0.6) is 11.5 Å². The first-order valence-electron chi connectivity index (χ1n) is 10.7. The molecule has 8 nitrogen and oxygen atoms in total. The Balaban J connectivity index is 1.48. The van der Waals surface area contributed by atoms with E-state index in [0.717, 1.165) is 31.9 Å². The van der Waals surface area contributed by atoms with Gasteiger partial charge in [0.15, 0.2) is 11.5 Å². The minimum Gasteiger partial charge on any atom is -0.448 e. The molecule has 1 aliphatic heterocycles. The molecule has 2 aliphatic rings. The van der Waals surface area contributed by atoms with Gasteiger partial charge in [0.25, 0.3) is 11.7 Å². The summed E-state index contributed by atoms with van der Waals surface area (Å²) in [6.45, 7) is 0. The van der Waals surface area contributed by atoms with Gasteiger partial charge in [0, 0.05) is 30.9 Å². The molecule has 33 heavy (non-hydrogen) atoms. The van der Waals surface area contributed by atoms with Crippen molar-refractivity contribution in [3.63, 3.8) is 0 Å². The Morgan fingerprint density at radius 1 is 1.09 bits per heavy atom. The van der Waals surface area contributed by atoms with Crippen LogP contribution in [0, 0.1) is 0 Å². The zero-order chi connectivity index (χ0) is 23.6. The summed E-state index contributed by atoms with van der Waals surface area (Å²) >= 11 is 6.08. The minimum absolute atomic E-state index is 0.0888. The van der Waals surface area contributed by atoms with Crippen LogP contribution in [-0.2, 0) is 14.6 Å². The van der Waals surface area contributed by atoms with E-state index in [2.05, 4.69) is 10.6 Å². The van der Waals surface area contributed by atoms with Crippen molar-refractivity contribution < 1.29 is 27.5 Å². The summed E-state index contributed by atoms with van der Waals surface area (Å²) in [6.07, 6.45) is 4.68. The number of nitrogens with one attached hydrogen (secondary N) is 2. The van der Waals surface area contributed by atoms with E-state index < -0.39 is 33.5 Å². The Hall–Kier alpha value is -2.78. The van der Waals surface area contributed by atoms with E-state index in [4.69, 9.17) is 21.1 Å². The van der Waals surface area contributed by atoms with Gasteiger partial charge in [-0.15, -0.1) is 0 Å². The molecule has 176 valence electrons. The fraction of sp³-hybridized carbons (Fsp3) is 0.391. The summed E-state index contributed by atoms with van der Waals surface area (Å²) in [4.78, 5) is 25.7. The third-order valence-corrected chi connectivity index (χ3v) is 6.99. The van der Waals surface area contributed by atoms with Crippen LogP contribution in [0.25, 0.3) is 0 Å². The van der Waals surface area contributed by atoms with E-state index in [9.17, 15) is 18.0 Å². The number of carbonyl (C=O) groups is 2. The van der Waals surface area contributed by atoms with Crippen molar-refractivity contribution in [1.29, 1.82) is 0 Å². The molecule has 10 heteroatoms. The second-order valence-corrected chi connectivity index (χ2v) is 11.1. The number of rotatable bonds is 7. The van der Waals surface area contributed by atoms with E-state index in [-0.39, 0.29) is 22.8 Å². The van der Waals surface area contributed by atoms with Gasteiger partial charge in [0.1, 0.15) is 15.9 Å². The van der Waals surface area contributed by atoms with Gasteiger partial charge in [0.2, 0.25) is 5.91 Å². The lowest BCUT2D eigenvalue weighted by Crippen LogP contribution is -2.44. The van der Waals surface area contributed by atoms with Crippen molar-refractivity contribution in [3.05, 3.63) is 53.1 Å². The highest BCUT2D eigenvalue weighted by Gasteiger charge is 2.44. The number of sulfone groups is 1. The first-order valence-corrected chi connectivity index (χ1v) is 13.1. The van der Waals surface area contributed by atoms with Crippen molar-refractivity contribution in [2.75, 3.05) is 17.3 Å². The van der Waals surface area contributed by atoms with Crippen molar-refractivity contribution in [1.82, 2.24) is 5.32 Å². The number of benzene rings is 2. The molecule has 1 aliphatic carbocycles. The van der Waals surface area contributed by atoms with Crippen LogP contribution >= 0.6 is 11.6 Å². The number of carbonyl (C=O) groups excluding carboxylic acids is 2. The summed E-state index contributed by atoms with van der Waals surface area (Å²) in [5, 5.41) is 5.57. The maximum absolute atomic E-state index is 13.0. The van der Waals surface area contributed by atoms with Crippen LogP contribution in [-0.4, -0.2) is 44.1 Å². The minimum atomic E-state index is -3.35. The van der Waals surface area contributed by atoms with Crippen LogP contribution in [0.4, 0.5) is 5.69 Å². The molecule has 4 rings (SSSR count). The number of amides is 2. The van der Waals surface area contributed by atoms with Gasteiger partial charge in [-0.25, -0.2) is 8.42 Å². The Bertz CT molecular complexity index is 1180. The summed E-state index contributed by atoms with van der Waals surface area (Å²) in [5.74, 6) is -0.835. The molecule has 0 aromatic heterocycles. The highest BCUT2D eigenvalue weighted by molar-refractivity contribution is 7.90. The maximum Gasteiger partial charge on any atom is 0.253 e. The van der Waals surface area contributed by atoms with Gasteiger partial charge in [-0.2, -0.15) is 0 Å². The largest absolute Gasteiger partial charge is 0.448 e. The van der Waals surface area contributed by atoms with E-state index in [1.807, 2.05) is 0 Å². The fourth-order valence-corrected chi connectivity index (χ4v) is 4.89. The zero-order valence-corrected chi connectivity index (χ0v) is 19.7. The van der Waals surface area contributed by atoms with Crippen molar-refractivity contribution in [3.8, 4) is 11.5 Å². The average Bonchev–Trinajstić information content (AvgIpc) is 3.35. The van der Waals surface area contributed by atoms with Gasteiger partial charge in [0.05, 0.1) is 16.3 Å². The van der Waals surface area contributed by atoms with Gasteiger partial charge in [-0.05, 0) is 43.5 Å². The number of halogens is 1. The molecule has 0 saturated heterocycles. The Morgan fingerprint density at radius 3 is 2.48 bits per heavy atom.